The summed E-state index contributed by atoms with van der Waals surface area (Å²) in [5.74, 6) is 1.09. The van der Waals surface area contributed by atoms with Gasteiger partial charge in [0.2, 0.25) is 5.95 Å². The topological polar surface area (TPSA) is 107 Å². The number of anilines is 2. The van der Waals surface area contributed by atoms with E-state index in [0.717, 1.165) is 5.39 Å². The van der Waals surface area contributed by atoms with E-state index >= 15 is 0 Å². The summed E-state index contributed by atoms with van der Waals surface area (Å²) in [5.41, 5.74) is 0.830. The van der Waals surface area contributed by atoms with E-state index in [9.17, 15) is 5.11 Å². The summed E-state index contributed by atoms with van der Waals surface area (Å²) in [6.45, 7) is 6.05. The molecule has 1 aliphatic carbocycles. The van der Waals surface area contributed by atoms with Gasteiger partial charge in [0.25, 0.3) is 0 Å². The fraction of sp³-hybridized carbons (Fsp3) is 0.500. The van der Waals surface area contributed by atoms with Crippen molar-refractivity contribution in [3.63, 3.8) is 0 Å². The van der Waals surface area contributed by atoms with Gasteiger partial charge >= 0.3 is 0 Å². The van der Waals surface area contributed by atoms with Gasteiger partial charge in [0.1, 0.15) is 17.3 Å². The van der Waals surface area contributed by atoms with E-state index in [2.05, 4.69) is 31.7 Å². The Labute approximate surface area is 134 Å². The first-order valence-corrected chi connectivity index (χ1v) is 7.69. The number of fused-ring (bicyclic) bond motifs is 1. The van der Waals surface area contributed by atoms with Crippen molar-refractivity contribution in [2.45, 2.75) is 51.3 Å². The average molecular weight is 312 g/mol. The maximum Gasteiger partial charge on any atom is 0.223 e. The third kappa shape index (κ3) is 3.17. The highest BCUT2D eigenvalue weighted by molar-refractivity contribution is 5.89. The van der Waals surface area contributed by atoms with Gasteiger partial charge in [0, 0.05) is 23.2 Å². The van der Waals surface area contributed by atoms with E-state index in [-0.39, 0.29) is 17.7 Å². The lowest BCUT2D eigenvalue weighted by Crippen LogP contribution is -2.50. The Kier molecular flexibility index (Phi) is 3.78. The molecular weight excluding hydrogens is 292 g/mol. The van der Waals surface area contributed by atoms with Crippen LogP contribution in [-0.2, 0) is 0 Å². The van der Waals surface area contributed by atoms with Gasteiger partial charge in [-0.1, -0.05) is 0 Å². The van der Waals surface area contributed by atoms with Gasteiger partial charge in [-0.15, -0.1) is 0 Å². The molecule has 0 spiro atoms. The van der Waals surface area contributed by atoms with Gasteiger partial charge in [0.15, 0.2) is 5.82 Å². The minimum absolute atomic E-state index is 0.172. The molecular formula is C16H20N6O. The fourth-order valence-corrected chi connectivity index (χ4v) is 2.88. The van der Waals surface area contributed by atoms with Crippen LogP contribution in [0.15, 0.2) is 12.3 Å². The molecule has 23 heavy (non-hydrogen) atoms. The number of pyridine rings is 1. The van der Waals surface area contributed by atoms with Gasteiger partial charge in [-0.05, 0) is 39.7 Å². The SMILES string of the molecule is CC(C)Nc1nc(C#N)cc2cnc(NC3(C)CC(O)C3)nc12. The van der Waals surface area contributed by atoms with Crippen LogP contribution in [0.3, 0.4) is 0 Å². The van der Waals surface area contributed by atoms with Crippen molar-refractivity contribution in [3.05, 3.63) is 18.0 Å². The van der Waals surface area contributed by atoms with Gasteiger partial charge in [-0.25, -0.2) is 15.0 Å². The molecule has 7 nitrogen and oxygen atoms in total. The summed E-state index contributed by atoms with van der Waals surface area (Å²) in [6.07, 6.45) is 2.79. The van der Waals surface area contributed by atoms with Crippen molar-refractivity contribution in [1.82, 2.24) is 15.0 Å². The number of aliphatic hydroxyl groups excluding tert-OH is 1. The summed E-state index contributed by atoms with van der Waals surface area (Å²) in [5, 5.41) is 25.9. The lowest BCUT2D eigenvalue weighted by molar-refractivity contribution is 0.0419. The van der Waals surface area contributed by atoms with Crippen molar-refractivity contribution in [2.24, 2.45) is 0 Å². The molecule has 3 rings (SSSR count). The maximum absolute atomic E-state index is 9.50. The van der Waals surface area contributed by atoms with Crippen LogP contribution in [0.2, 0.25) is 0 Å². The second-order valence-corrected chi connectivity index (χ2v) is 6.65. The first-order chi connectivity index (χ1) is 10.9. The zero-order chi connectivity index (χ0) is 16.6. The van der Waals surface area contributed by atoms with Crippen molar-refractivity contribution < 1.29 is 5.11 Å². The summed E-state index contributed by atoms with van der Waals surface area (Å²) in [4.78, 5) is 13.2. The number of aromatic nitrogens is 3. The second kappa shape index (κ2) is 5.63. The van der Waals surface area contributed by atoms with Crippen LogP contribution in [0, 0.1) is 11.3 Å². The van der Waals surface area contributed by atoms with Crippen LogP contribution in [0.5, 0.6) is 0 Å². The predicted octanol–water partition coefficient (Wildman–Crippen LogP) is 2.04. The summed E-state index contributed by atoms with van der Waals surface area (Å²) in [6, 6.07) is 3.91. The molecule has 0 atom stereocenters. The van der Waals surface area contributed by atoms with Gasteiger partial charge in [-0.3, -0.25) is 0 Å². The highest BCUT2D eigenvalue weighted by Gasteiger charge is 2.39. The van der Waals surface area contributed by atoms with E-state index in [1.54, 1.807) is 12.3 Å². The Morgan fingerprint density at radius 2 is 2.13 bits per heavy atom. The molecule has 2 aromatic rings. The third-order valence-corrected chi connectivity index (χ3v) is 3.89. The quantitative estimate of drug-likeness (QED) is 0.793. The lowest BCUT2D eigenvalue weighted by atomic mass is 9.76. The molecule has 120 valence electrons. The maximum atomic E-state index is 9.50. The molecule has 2 aromatic heterocycles. The monoisotopic (exact) mass is 312 g/mol. The molecule has 3 N–H and O–H groups in total. The first-order valence-electron chi connectivity index (χ1n) is 7.69. The predicted molar refractivity (Wildman–Crippen MR) is 88.1 cm³/mol. The molecule has 0 saturated heterocycles. The van der Waals surface area contributed by atoms with E-state index < -0.39 is 0 Å². The van der Waals surface area contributed by atoms with E-state index in [4.69, 9.17) is 5.26 Å². The lowest BCUT2D eigenvalue weighted by Gasteiger charge is -2.43. The Hall–Kier alpha value is -2.46. The number of hydrogen-bond acceptors (Lipinski definition) is 7. The number of nitriles is 1. The Balaban J connectivity index is 1.99. The van der Waals surface area contributed by atoms with E-state index in [0.29, 0.717) is 35.8 Å². The molecule has 0 aromatic carbocycles. The molecule has 2 heterocycles. The van der Waals surface area contributed by atoms with Crippen LogP contribution in [0.25, 0.3) is 10.9 Å². The molecule has 0 bridgehead atoms. The van der Waals surface area contributed by atoms with Gasteiger partial charge < -0.3 is 15.7 Å². The molecule has 1 fully saturated rings. The fourth-order valence-electron chi connectivity index (χ4n) is 2.88. The van der Waals surface area contributed by atoms with Crippen molar-refractivity contribution in [3.8, 4) is 6.07 Å². The van der Waals surface area contributed by atoms with Gasteiger partial charge in [-0.2, -0.15) is 5.26 Å². The molecule has 1 saturated carbocycles. The zero-order valence-electron chi connectivity index (χ0n) is 13.5. The third-order valence-electron chi connectivity index (χ3n) is 3.89. The molecule has 0 radical (unpaired) electrons. The Morgan fingerprint density at radius 3 is 2.74 bits per heavy atom. The van der Waals surface area contributed by atoms with Crippen LogP contribution in [0.4, 0.5) is 11.8 Å². The number of nitrogens with zero attached hydrogens (tertiary/aromatic N) is 4. The molecule has 0 unspecified atom stereocenters. The van der Waals surface area contributed by atoms with Crippen LogP contribution >= 0.6 is 0 Å². The molecule has 0 amide bonds. The van der Waals surface area contributed by atoms with Crippen molar-refractivity contribution in [2.75, 3.05) is 10.6 Å². The molecule has 7 heteroatoms. The van der Waals surface area contributed by atoms with Crippen LogP contribution in [0.1, 0.15) is 39.3 Å². The second-order valence-electron chi connectivity index (χ2n) is 6.65. The largest absolute Gasteiger partial charge is 0.393 e. The highest BCUT2D eigenvalue weighted by Crippen LogP contribution is 2.34. The zero-order valence-corrected chi connectivity index (χ0v) is 13.5. The summed E-state index contributed by atoms with van der Waals surface area (Å²) < 4.78 is 0. The van der Waals surface area contributed by atoms with E-state index in [1.165, 1.54) is 0 Å². The standard InChI is InChI=1S/C16H20N6O/c1-9(2)19-14-13-10(4-11(7-17)20-14)8-18-15(21-13)22-16(3)5-12(23)6-16/h4,8-9,12,23H,5-6H2,1-3H3,(H,19,20)(H,18,21,22). The van der Waals surface area contributed by atoms with E-state index in [1.807, 2.05) is 20.8 Å². The molecule has 1 aliphatic rings. The van der Waals surface area contributed by atoms with Crippen molar-refractivity contribution in [1.29, 1.82) is 5.26 Å². The van der Waals surface area contributed by atoms with Crippen LogP contribution in [-0.4, -0.2) is 37.7 Å². The van der Waals surface area contributed by atoms with Gasteiger partial charge in [0.05, 0.1) is 6.10 Å². The first kappa shape index (κ1) is 15.4. The number of rotatable bonds is 4. The van der Waals surface area contributed by atoms with Crippen LogP contribution < -0.4 is 10.6 Å². The highest BCUT2D eigenvalue weighted by atomic mass is 16.3. The average Bonchev–Trinajstić information content (AvgIpc) is 2.45. The Bertz CT molecular complexity index is 776. The minimum Gasteiger partial charge on any atom is -0.393 e. The summed E-state index contributed by atoms with van der Waals surface area (Å²) >= 11 is 0. The Morgan fingerprint density at radius 1 is 1.39 bits per heavy atom. The molecule has 0 aliphatic heterocycles. The normalized spacial score (nSPS) is 23.4. The number of aliphatic hydroxyl groups is 1. The smallest absolute Gasteiger partial charge is 0.223 e. The number of nitrogens with one attached hydrogen (secondary N) is 2. The number of hydrogen-bond donors (Lipinski definition) is 3. The minimum atomic E-state index is -0.258. The summed E-state index contributed by atoms with van der Waals surface area (Å²) in [7, 11) is 0. The van der Waals surface area contributed by atoms with Crippen molar-refractivity contribution >= 4 is 22.7 Å².